The zero-order valence-electron chi connectivity index (χ0n) is 8.84. The van der Waals surface area contributed by atoms with Gasteiger partial charge in [-0.2, -0.15) is 5.10 Å². The van der Waals surface area contributed by atoms with Gasteiger partial charge in [0.1, 0.15) is 10.7 Å². The van der Waals surface area contributed by atoms with E-state index in [9.17, 15) is 8.42 Å². The molecule has 2 heterocycles. The molecule has 2 aromatic heterocycles. The molecule has 0 spiro atoms. The number of nitrogens with two attached hydrogens (primary N) is 1. The van der Waals surface area contributed by atoms with E-state index in [2.05, 4.69) is 24.9 Å². The highest BCUT2D eigenvalue weighted by molar-refractivity contribution is 7.89. The van der Waals surface area contributed by atoms with Gasteiger partial charge in [0.25, 0.3) is 0 Å². The molecule has 2 rings (SSSR count). The van der Waals surface area contributed by atoms with Crippen LogP contribution >= 0.6 is 0 Å². The number of nitrogens with one attached hydrogen (secondary N) is 3. The lowest BCUT2D eigenvalue weighted by atomic mass is 10.3. The lowest BCUT2D eigenvalue weighted by molar-refractivity contribution is 0.582. The number of anilines is 1. The minimum absolute atomic E-state index is 0.0269. The molecule has 2 aromatic rings. The molecule has 9 heteroatoms. The summed E-state index contributed by atoms with van der Waals surface area (Å²) in [5.74, 6) is 0.0269. The Bertz CT molecular complexity index is 573. The first kappa shape index (κ1) is 11.6. The molecule has 17 heavy (non-hydrogen) atoms. The summed E-state index contributed by atoms with van der Waals surface area (Å²) >= 11 is 0. The molecule has 0 amide bonds. The van der Waals surface area contributed by atoms with Crippen molar-refractivity contribution in [3.8, 4) is 0 Å². The second kappa shape index (κ2) is 4.55. The Morgan fingerprint density at radius 2 is 2.24 bits per heavy atom. The topological polar surface area (TPSA) is 130 Å². The molecule has 0 atom stereocenters. The minimum atomic E-state index is -3.60. The molecule has 0 bridgehead atoms. The highest BCUT2D eigenvalue weighted by atomic mass is 32.2. The van der Waals surface area contributed by atoms with Gasteiger partial charge in [0.15, 0.2) is 0 Å². The zero-order valence-corrected chi connectivity index (χ0v) is 9.66. The molecule has 0 saturated heterocycles. The van der Waals surface area contributed by atoms with Crippen molar-refractivity contribution in [2.75, 3.05) is 12.3 Å². The molecule has 0 unspecified atom stereocenters. The van der Waals surface area contributed by atoms with Crippen LogP contribution in [0.4, 0.5) is 5.82 Å². The quantitative estimate of drug-likeness (QED) is 0.558. The number of aromatic nitrogens is 4. The van der Waals surface area contributed by atoms with Crippen LogP contribution in [-0.2, 0) is 16.4 Å². The van der Waals surface area contributed by atoms with Gasteiger partial charge in [-0.25, -0.2) is 18.1 Å². The van der Waals surface area contributed by atoms with Gasteiger partial charge in [-0.05, 0) is 0 Å². The van der Waals surface area contributed by atoms with Crippen LogP contribution in [-0.4, -0.2) is 35.1 Å². The van der Waals surface area contributed by atoms with Crippen molar-refractivity contribution in [2.24, 2.45) is 0 Å². The molecule has 92 valence electrons. The molecule has 5 N–H and O–H groups in total. The SMILES string of the molecule is Nc1[nH]ncc1S(=O)(=O)NCCc1cnc[nH]1. The van der Waals surface area contributed by atoms with Gasteiger partial charge in [0.05, 0.1) is 12.5 Å². The molecule has 0 aromatic carbocycles. The summed E-state index contributed by atoms with van der Waals surface area (Å²) in [5.41, 5.74) is 6.29. The standard InChI is InChI=1S/C8H12N6O2S/c9-8-7(4-12-14-8)17(15,16)13-2-1-6-3-10-5-11-6/h3-5,13H,1-2H2,(H,10,11)(H3,9,12,14). The second-order valence-electron chi connectivity index (χ2n) is 3.37. The van der Waals surface area contributed by atoms with Crippen molar-refractivity contribution < 1.29 is 8.42 Å². The van der Waals surface area contributed by atoms with Crippen molar-refractivity contribution in [3.05, 3.63) is 24.4 Å². The van der Waals surface area contributed by atoms with Crippen LogP contribution in [0.15, 0.2) is 23.6 Å². The van der Waals surface area contributed by atoms with Crippen LogP contribution in [0, 0.1) is 0 Å². The number of H-pyrrole nitrogens is 2. The average Bonchev–Trinajstić information content (AvgIpc) is 2.88. The molecule has 0 aliphatic heterocycles. The van der Waals surface area contributed by atoms with E-state index in [1.807, 2.05) is 0 Å². The smallest absolute Gasteiger partial charge is 0.245 e. The van der Waals surface area contributed by atoms with Gasteiger partial charge in [-0.15, -0.1) is 0 Å². The van der Waals surface area contributed by atoms with Gasteiger partial charge in [0.2, 0.25) is 10.0 Å². The number of rotatable bonds is 5. The summed E-state index contributed by atoms with van der Waals surface area (Å²) in [6, 6.07) is 0. The number of nitrogen functional groups attached to an aromatic ring is 1. The highest BCUT2D eigenvalue weighted by Gasteiger charge is 2.18. The lowest BCUT2D eigenvalue weighted by Gasteiger charge is -2.04. The van der Waals surface area contributed by atoms with Gasteiger partial charge in [0, 0.05) is 24.9 Å². The Morgan fingerprint density at radius 3 is 2.82 bits per heavy atom. The van der Waals surface area contributed by atoms with Crippen LogP contribution in [0.2, 0.25) is 0 Å². The van der Waals surface area contributed by atoms with Crippen molar-refractivity contribution in [3.63, 3.8) is 0 Å². The van der Waals surface area contributed by atoms with Gasteiger partial charge in [-0.3, -0.25) is 5.10 Å². The second-order valence-corrected chi connectivity index (χ2v) is 5.11. The van der Waals surface area contributed by atoms with Gasteiger partial charge in [-0.1, -0.05) is 0 Å². The summed E-state index contributed by atoms with van der Waals surface area (Å²) in [7, 11) is -3.60. The lowest BCUT2D eigenvalue weighted by Crippen LogP contribution is -2.26. The van der Waals surface area contributed by atoms with Gasteiger partial charge >= 0.3 is 0 Å². The number of sulfonamides is 1. The molecule has 0 saturated carbocycles. The van der Waals surface area contributed by atoms with Crippen LogP contribution < -0.4 is 10.5 Å². The number of hydrogen-bond acceptors (Lipinski definition) is 5. The number of aromatic amines is 2. The Kier molecular flexibility index (Phi) is 3.11. The third kappa shape index (κ3) is 2.63. The van der Waals surface area contributed by atoms with E-state index in [1.165, 1.54) is 12.5 Å². The largest absolute Gasteiger partial charge is 0.383 e. The maximum absolute atomic E-state index is 11.8. The summed E-state index contributed by atoms with van der Waals surface area (Å²) in [4.78, 5) is 6.67. The van der Waals surface area contributed by atoms with E-state index in [-0.39, 0.29) is 17.3 Å². The highest BCUT2D eigenvalue weighted by Crippen LogP contribution is 2.13. The normalized spacial score (nSPS) is 11.8. The average molecular weight is 256 g/mol. The van der Waals surface area contributed by atoms with E-state index in [0.717, 1.165) is 5.69 Å². The minimum Gasteiger partial charge on any atom is -0.383 e. The third-order valence-corrected chi connectivity index (χ3v) is 3.65. The van der Waals surface area contributed by atoms with Crippen LogP contribution in [0.5, 0.6) is 0 Å². The fourth-order valence-corrected chi connectivity index (χ4v) is 2.37. The first-order valence-electron chi connectivity index (χ1n) is 4.85. The fourth-order valence-electron chi connectivity index (χ4n) is 1.32. The van der Waals surface area contributed by atoms with Gasteiger partial charge < -0.3 is 10.7 Å². The molecule has 0 aliphatic carbocycles. The molecule has 0 aliphatic rings. The monoisotopic (exact) mass is 256 g/mol. The van der Waals surface area contributed by atoms with E-state index in [0.29, 0.717) is 6.42 Å². The Balaban J connectivity index is 1.97. The van der Waals surface area contributed by atoms with Crippen molar-refractivity contribution in [1.82, 2.24) is 24.9 Å². The van der Waals surface area contributed by atoms with Crippen molar-refractivity contribution >= 4 is 15.8 Å². The summed E-state index contributed by atoms with van der Waals surface area (Å²) in [6.07, 6.45) is 4.88. The van der Waals surface area contributed by atoms with E-state index in [4.69, 9.17) is 5.73 Å². The molecule has 0 fully saturated rings. The Labute approximate surface area is 97.7 Å². The van der Waals surface area contributed by atoms with Crippen LogP contribution in [0.3, 0.4) is 0 Å². The van der Waals surface area contributed by atoms with Crippen LogP contribution in [0.1, 0.15) is 5.69 Å². The predicted molar refractivity (Wildman–Crippen MR) is 60.5 cm³/mol. The van der Waals surface area contributed by atoms with Crippen LogP contribution in [0.25, 0.3) is 0 Å². The van der Waals surface area contributed by atoms with Crippen molar-refractivity contribution in [2.45, 2.75) is 11.3 Å². The summed E-state index contributed by atoms with van der Waals surface area (Å²) < 4.78 is 26.0. The summed E-state index contributed by atoms with van der Waals surface area (Å²) in [5, 5.41) is 5.93. The third-order valence-electron chi connectivity index (χ3n) is 2.16. The first-order valence-corrected chi connectivity index (χ1v) is 6.33. The maximum Gasteiger partial charge on any atom is 0.245 e. The van der Waals surface area contributed by atoms with Crippen molar-refractivity contribution in [1.29, 1.82) is 0 Å². The predicted octanol–water partition coefficient (Wildman–Crippen LogP) is -0.764. The first-order chi connectivity index (χ1) is 8.09. The number of nitrogens with zero attached hydrogens (tertiary/aromatic N) is 2. The molecule has 0 radical (unpaired) electrons. The van der Waals surface area contributed by atoms with E-state index in [1.54, 1.807) is 6.20 Å². The maximum atomic E-state index is 11.8. The Morgan fingerprint density at radius 1 is 1.41 bits per heavy atom. The molecule has 8 nitrogen and oxygen atoms in total. The fraction of sp³-hybridized carbons (Fsp3) is 0.250. The van der Waals surface area contributed by atoms with E-state index < -0.39 is 10.0 Å². The molecular weight excluding hydrogens is 244 g/mol. The zero-order chi connectivity index (χ0) is 12.3. The number of hydrogen-bond donors (Lipinski definition) is 4. The van der Waals surface area contributed by atoms with E-state index >= 15 is 0 Å². The molecular formula is C8H12N6O2S. The summed E-state index contributed by atoms with van der Waals surface area (Å²) in [6.45, 7) is 0.259. The number of imidazole rings is 1. The Hall–Kier alpha value is -1.87.